The fraction of sp³-hybridized carbons (Fsp3) is 0.0625. The molecule has 0 aliphatic heterocycles. The van der Waals surface area contributed by atoms with E-state index in [-0.39, 0.29) is 6.54 Å². The van der Waals surface area contributed by atoms with Crippen LogP contribution in [0.25, 0.3) is 10.8 Å². The highest BCUT2D eigenvalue weighted by atomic mass is 32.2. The molecule has 0 spiro atoms. The highest BCUT2D eigenvalue weighted by Gasteiger charge is 2.16. The molecule has 0 amide bonds. The zero-order chi connectivity index (χ0) is 14.7. The highest BCUT2D eigenvalue weighted by molar-refractivity contribution is 7.89. The van der Waals surface area contributed by atoms with Gasteiger partial charge in [-0.25, -0.2) is 13.1 Å². The predicted molar refractivity (Wildman–Crippen MR) is 82.2 cm³/mol. The molecular formula is C16H14N2O2S. The first-order chi connectivity index (χ1) is 10.2. The Kier molecular flexibility index (Phi) is 3.68. The normalized spacial score (nSPS) is 11.6. The van der Waals surface area contributed by atoms with Crippen LogP contribution in [0.4, 0.5) is 0 Å². The van der Waals surface area contributed by atoms with Crippen molar-refractivity contribution in [3.05, 3.63) is 72.6 Å². The van der Waals surface area contributed by atoms with Gasteiger partial charge in [0.1, 0.15) is 0 Å². The Labute approximate surface area is 123 Å². The fourth-order valence-corrected chi connectivity index (χ4v) is 3.43. The number of hydrogen-bond donors (Lipinski definition) is 1. The molecule has 1 aromatic heterocycles. The van der Waals surface area contributed by atoms with E-state index >= 15 is 0 Å². The third kappa shape index (κ3) is 2.94. The van der Waals surface area contributed by atoms with Crippen molar-refractivity contribution in [2.24, 2.45) is 0 Å². The average Bonchev–Trinajstić information content (AvgIpc) is 2.53. The summed E-state index contributed by atoms with van der Waals surface area (Å²) in [6, 6.07) is 16.3. The number of benzene rings is 2. The summed E-state index contributed by atoms with van der Waals surface area (Å²) >= 11 is 0. The molecule has 0 bridgehead atoms. The van der Waals surface area contributed by atoms with Gasteiger partial charge in [0.05, 0.1) is 4.90 Å². The van der Waals surface area contributed by atoms with Crippen molar-refractivity contribution >= 4 is 20.8 Å². The number of aromatic nitrogens is 1. The molecule has 1 N–H and O–H groups in total. The number of pyridine rings is 1. The van der Waals surface area contributed by atoms with Crippen LogP contribution in [-0.2, 0) is 16.6 Å². The molecular weight excluding hydrogens is 284 g/mol. The van der Waals surface area contributed by atoms with Crippen LogP contribution in [0.15, 0.2) is 71.9 Å². The Bertz CT molecular complexity index is 856. The number of hydrogen-bond acceptors (Lipinski definition) is 3. The van der Waals surface area contributed by atoms with Gasteiger partial charge in [0, 0.05) is 24.3 Å². The molecule has 0 atom stereocenters. The second kappa shape index (κ2) is 5.63. The van der Waals surface area contributed by atoms with Crippen molar-refractivity contribution in [2.45, 2.75) is 11.4 Å². The molecule has 3 rings (SSSR count). The maximum absolute atomic E-state index is 12.5. The summed E-state index contributed by atoms with van der Waals surface area (Å²) in [4.78, 5) is 4.27. The Balaban J connectivity index is 1.94. The van der Waals surface area contributed by atoms with Gasteiger partial charge in [-0.15, -0.1) is 0 Å². The van der Waals surface area contributed by atoms with Crippen molar-refractivity contribution < 1.29 is 8.42 Å². The van der Waals surface area contributed by atoms with Crippen molar-refractivity contribution in [1.29, 1.82) is 0 Å². The van der Waals surface area contributed by atoms with Crippen LogP contribution in [0.2, 0.25) is 0 Å². The quantitative estimate of drug-likeness (QED) is 0.805. The molecule has 2 aromatic carbocycles. The Morgan fingerprint density at radius 1 is 0.952 bits per heavy atom. The molecule has 3 aromatic rings. The molecule has 1 heterocycles. The zero-order valence-electron chi connectivity index (χ0n) is 11.2. The second-order valence-corrected chi connectivity index (χ2v) is 6.40. The van der Waals surface area contributed by atoms with E-state index in [1.54, 1.807) is 30.6 Å². The van der Waals surface area contributed by atoms with E-state index in [0.717, 1.165) is 16.3 Å². The lowest BCUT2D eigenvalue weighted by atomic mass is 10.1. The molecule has 0 aliphatic carbocycles. The lowest BCUT2D eigenvalue weighted by Crippen LogP contribution is -2.23. The molecule has 106 valence electrons. The largest absolute Gasteiger partial charge is 0.264 e. The van der Waals surface area contributed by atoms with Crippen LogP contribution < -0.4 is 4.72 Å². The van der Waals surface area contributed by atoms with Crippen molar-refractivity contribution in [1.82, 2.24) is 9.71 Å². The lowest BCUT2D eigenvalue weighted by Gasteiger charge is -2.09. The minimum absolute atomic E-state index is 0.222. The summed E-state index contributed by atoms with van der Waals surface area (Å²) in [6.07, 6.45) is 3.30. The first-order valence-electron chi connectivity index (χ1n) is 6.53. The predicted octanol–water partition coefficient (Wildman–Crippen LogP) is 2.71. The first kappa shape index (κ1) is 13.7. The van der Waals surface area contributed by atoms with Gasteiger partial charge in [-0.2, -0.15) is 0 Å². The Morgan fingerprint density at radius 2 is 1.76 bits per heavy atom. The van der Waals surface area contributed by atoms with Crippen molar-refractivity contribution in [3.8, 4) is 0 Å². The summed E-state index contributed by atoms with van der Waals surface area (Å²) < 4.78 is 27.6. The lowest BCUT2D eigenvalue weighted by molar-refractivity contribution is 0.582. The molecule has 21 heavy (non-hydrogen) atoms. The zero-order valence-corrected chi connectivity index (χ0v) is 12.0. The maximum Gasteiger partial charge on any atom is 0.241 e. The number of nitrogens with zero attached hydrogens (tertiary/aromatic N) is 1. The summed E-state index contributed by atoms with van der Waals surface area (Å²) in [5.41, 5.74) is 0.821. The van der Waals surface area contributed by atoms with Gasteiger partial charge in [-0.05, 0) is 23.1 Å². The van der Waals surface area contributed by atoms with Crippen molar-refractivity contribution in [3.63, 3.8) is 0 Å². The highest BCUT2D eigenvalue weighted by Crippen LogP contribution is 2.22. The number of rotatable bonds is 4. The molecule has 4 nitrogen and oxygen atoms in total. The van der Waals surface area contributed by atoms with E-state index in [2.05, 4.69) is 9.71 Å². The van der Waals surface area contributed by atoms with Gasteiger partial charge < -0.3 is 0 Å². The number of nitrogens with one attached hydrogen (secondary N) is 1. The van der Waals surface area contributed by atoms with Gasteiger partial charge in [-0.3, -0.25) is 4.98 Å². The van der Waals surface area contributed by atoms with E-state index < -0.39 is 10.0 Å². The fourth-order valence-electron chi connectivity index (χ4n) is 2.19. The maximum atomic E-state index is 12.5. The SMILES string of the molecule is O=S(=O)(NCc1cccnc1)c1cccc2ccccc12. The molecule has 0 saturated heterocycles. The van der Waals surface area contributed by atoms with Gasteiger partial charge in [0.25, 0.3) is 0 Å². The summed E-state index contributed by atoms with van der Waals surface area (Å²) in [7, 11) is -3.56. The van der Waals surface area contributed by atoms with E-state index in [1.807, 2.05) is 36.4 Å². The van der Waals surface area contributed by atoms with Gasteiger partial charge in [-0.1, -0.05) is 42.5 Å². The average molecular weight is 298 g/mol. The van der Waals surface area contributed by atoms with Crippen LogP contribution in [0.1, 0.15) is 5.56 Å². The molecule has 0 unspecified atom stereocenters. The van der Waals surface area contributed by atoms with Gasteiger partial charge >= 0.3 is 0 Å². The van der Waals surface area contributed by atoms with Gasteiger partial charge in [0.2, 0.25) is 10.0 Å². The van der Waals surface area contributed by atoms with E-state index in [0.29, 0.717) is 4.90 Å². The van der Waals surface area contributed by atoms with E-state index in [9.17, 15) is 8.42 Å². The monoisotopic (exact) mass is 298 g/mol. The minimum atomic E-state index is -3.56. The van der Waals surface area contributed by atoms with Gasteiger partial charge in [0.15, 0.2) is 0 Å². The molecule has 0 fully saturated rings. The molecule has 0 radical (unpaired) electrons. The standard InChI is InChI=1S/C16H14N2O2S/c19-21(20,18-12-13-5-4-10-17-11-13)16-9-3-7-14-6-1-2-8-15(14)16/h1-11,18H,12H2. The Hall–Kier alpha value is -2.24. The topological polar surface area (TPSA) is 59.1 Å². The summed E-state index contributed by atoms with van der Waals surface area (Å²) in [6.45, 7) is 0.222. The molecule has 0 saturated carbocycles. The first-order valence-corrected chi connectivity index (χ1v) is 8.01. The third-order valence-electron chi connectivity index (χ3n) is 3.23. The van der Waals surface area contributed by atoms with Crippen LogP contribution in [0, 0.1) is 0 Å². The van der Waals surface area contributed by atoms with E-state index in [1.165, 1.54) is 0 Å². The van der Waals surface area contributed by atoms with Crippen molar-refractivity contribution in [2.75, 3.05) is 0 Å². The number of sulfonamides is 1. The smallest absolute Gasteiger partial charge is 0.241 e. The minimum Gasteiger partial charge on any atom is -0.264 e. The van der Waals surface area contributed by atoms with Crippen LogP contribution in [0.5, 0.6) is 0 Å². The Morgan fingerprint density at radius 3 is 2.57 bits per heavy atom. The summed E-state index contributed by atoms with van der Waals surface area (Å²) in [5, 5.41) is 1.63. The van der Waals surface area contributed by atoms with Crippen LogP contribution in [0.3, 0.4) is 0 Å². The third-order valence-corrected chi connectivity index (χ3v) is 4.69. The van der Waals surface area contributed by atoms with Crippen LogP contribution in [-0.4, -0.2) is 13.4 Å². The summed E-state index contributed by atoms with van der Waals surface area (Å²) in [5.74, 6) is 0. The molecule has 0 aliphatic rings. The number of fused-ring (bicyclic) bond motifs is 1. The second-order valence-electron chi connectivity index (χ2n) is 4.66. The molecule has 5 heteroatoms. The van der Waals surface area contributed by atoms with E-state index in [4.69, 9.17) is 0 Å². The van der Waals surface area contributed by atoms with Crippen LogP contribution >= 0.6 is 0 Å².